The molecule has 0 radical (unpaired) electrons. The van der Waals surface area contributed by atoms with Crippen LogP contribution in [0.1, 0.15) is 30.1 Å². The Balaban J connectivity index is 1.31. The zero-order valence-corrected chi connectivity index (χ0v) is 21.2. The van der Waals surface area contributed by atoms with E-state index in [2.05, 4.69) is 33.5 Å². The van der Waals surface area contributed by atoms with Crippen LogP contribution < -0.4 is 15.2 Å². The number of benzene rings is 2. The van der Waals surface area contributed by atoms with Gasteiger partial charge >= 0.3 is 0 Å². The maximum absolute atomic E-state index is 14.2. The van der Waals surface area contributed by atoms with Gasteiger partial charge in [-0.2, -0.15) is 5.10 Å². The van der Waals surface area contributed by atoms with E-state index in [1.54, 1.807) is 9.58 Å². The van der Waals surface area contributed by atoms with Gasteiger partial charge in [-0.15, -0.1) is 0 Å². The smallest absolute Gasteiger partial charge is 0.246 e. The molecule has 0 bridgehead atoms. The summed E-state index contributed by atoms with van der Waals surface area (Å²) in [6.45, 7) is 5.01. The minimum Gasteiger partial charge on any atom is -0.486 e. The SMILES string of the molecule is C=CC(=O)N1CCC[C@@H](n2nc(C#CCOc3ccc(F)c(OCc4ccccc4)c3)c3c(N)ncnc32)C1. The number of halogens is 1. The second-order valence-electron chi connectivity index (χ2n) is 8.99. The number of nitrogens with two attached hydrogens (primary N) is 1. The van der Waals surface area contributed by atoms with Crippen LogP contribution in [0.25, 0.3) is 11.0 Å². The van der Waals surface area contributed by atoms with Gasteiger partial charge in [0.2, 0.25) is 5.91 Å². The molecule has 1 saturated heterocycles. The van der Waals surface area contributed by atoms with Crippen LogP contribution in [-0.2, 0) is 11.4 Å². The van der Waals surface area contributed by atoms with E-state index in [4.69, 9.17) is 15.2 Å². The number of anilines is 1. The molecular formula is C29H27FN6O3. The predicted molar refractivity (Wildman–Crippen MR) is 144 cm³/mol. The summed E-state index contributed by atoms with van der Waals surface area (Å²) in [4.78, 5) is 22.4. The van der Waals surface area contributed by atoms with Crippen molar-refractivity contribution in [1.82, 2.24) is 24.6 Å². The number of carbonyl (C=O) groups excluding carboxylic acids is 1. The summed E-state index contributed by atoms with van der Waals surface area (Å²) in [6.07, 6.45) is 4.37. The predicted octanol–water partition coefficient (Wildman–Crippen LogP) is 3.91. The molecule has 0 aliphatic carbocycles. The first-order valence-corrected chi connectivity index (χ1v) is 12.5. The van der Waals surface area contributed by atoms with Crippen molar-refractivity contribution < 1.29 is 18.7 Å². The minimum atomic E-state index is -0.479. The van der Waals surface area contributed by atoms with Crippen molar-refractivity contribution in [2.75, 3.05) is 25.4 Å². The van der Waals surface area contributed by atoms with Crippen LogP contribution in [0.3, 0.4) is 0 Å². The molecule has 4 aromatic rings. The van der Waals surface area contributed by atoms with Gasteiger partial charge in [0, 0.05) is 19.2 Å². The number of rotatable bonds is 7. The first-order valence-electron chi connectivity index (χ1n) is 12.5. The number of piperidine rings is 1. The summed E-state index contributed by atoms with van der Waals surface area (Å²) in [7, 11) is 0. The van der Waals surface area contributed by atoms with Gasteiger partial charge in [0.1, 0.15) is 36.8 Å². The highest BCUT2D eigenvalue weighted by Gasteiger charge is 2.27. The number of hydrogen-bond acceptors (Lipinski definition) is 7. The van der Waals surface area contributed by atoms with Crippen molar-refractivity contribution in [3.8, 4) is 23.3 Å². The molecule has 1 amide bonds. The Kier molecular flexibility index (Phi) is 7.68. The normalized spacial score (nSPS) is 14.9. The van der Waals surface area contributed by atoms with E-state index in [1.807, 2.05) is 30.3 Å². The van der Waals surface area contributed by atoms with Gasteiger partial charge in [-0.3, -0.25) is 4.79 Å². The van der Waals surface area contributed by atoms with Crippen molar-refractivity contribution in [3.63, 3.8) is 0 Å². The first kappa shape index (κ1) is 25.7. The number of fused-ring (bicyclic) bond motifs is 1. The van der Waals surface area contributed by atoms with Gasteiger partial charge in [0.25, 0.3) is 0 Å². The van der Waals surface area contributed by atoms with Crippen LogP contribution in [0.15, 0.2) is 67.5 Å². The van der Waals surface area contributed by atoms with Crippen LogP contribution in [0.4, 0.5) is 10.2 Å². The summed E-state index contributed by atoms with van der Waals surface area (Å²) < 4.78 is 27.4. The molecule has 1 aliphatic rings. The van der Waals surface area contributed by atoms with Crippen molar-refractivity contribution in [1.29, 1.82) is 0 Å². The number of hydrogen-bond donors (Lipinski definition) is 1. The summed E-state index contributed by atoms with van der Waals surface area (Å²) in [5.41, 5.74) is 8.07. The van der Waals surface area contributed by atoms with Crippen molar-refractivity contribution in [3.05, 3.63) is 84.6 Å². The van der Waals surface area contributed by atoms with E-state index in [9.17, 15) is 9.18 Å². The van der Waals surface area contributed by atoms with Crippen LogP contribution in [-0.4, -0.2) is 50.3 Å². The summed E-state index contributed by atoms with van der Waals surface area (Å²) >= 11 is 0. The molecule has 1 aliphatic heterocycles. The molecule has 198 valence electrons. The zero-order valence-electron chi connectivity index (χ0n) is 21.2. The molecule has 39 heavy (non-hydrogen) atoms. The fourth-order valence-electron chi connectivity index (χ4n) is 4.48. The lowest BCUT2D eigenvalue weighted by Crippen LogP contribution is -2.40. The molecular weight excluding hydrogens is 499 g/mol. The lowest BCUT2D eigenvalue weighted by Gasteiger charge is -2.32. The fraction of sp³-hybridized carbons (Fsp3) is 0.241. The van der Waals surface area contributed by atoms with Crippen LogP contribution in [0.5, 0.6) is 11.5 Å². The quantitative estimate of drug-likeness (QED) is 0.287. The third-order valence-electron chi connectivity index (χ3n) is 6.40. The number of ether oxygens (including phenoxy) is 2. The van der Waals surface area contributed by atoms with E-state index in [-0.39, 0.29) is 36.7 Å². The highest BCUT2D eigenvalue weighted by molar-refractivity contribution is 5.90. The molecule has 10 heteroatoms. The van der Waals surface area contributed by atoms with E-state index < -0.39 is 5.82 Å². The van der Waals surface area contributed by atoms with Crippen LogP contribution >= 0.6 is 0 Å². The van der Waals surface area contributed by atoms with Crippen molar-refractivity contribution in [2.24, 2.45) is 0 Å². The molecule has 2 aromatic carbocycles. The van der Waals surface area contributed by atoms with Gasteiger partial charge in [-0.25, -0.2) is 19.0 Å². The first-order chi connectivity index (χ1) is 19.0. The van der Waals surface area contributed by atoms with Crippen molar-refractivity contribution in [2.45, 2.75) is 25.5 Å². The largest absolute Gasteiger partial charge is 0.486 e. The molecule has 5 rings (SSSR count). The molecule has 0 unspecified atom stereocenters. The van der Waals surface area contributed by atoms with Gasteiger partial charge in [0.05, 0.1) is 11.4 Å². The molecule has 0 spiro atoms. The summed E-state index contributed by atoms with van der Waals surface area (Å²) in [5.74, 6) is 6.14. The van der Waals surface area contributed by atoms with Crippen LogP contribution in [0.2, 0.25) is 0 Å². The summed E-state index contributed by atoms with van der Waals surface area (Å²) in [6, 6.07) is 13.7. The molecule has 2 aromatic heterocycles. The third kappa shape index (κ3) is 5.83. The van der Waals surface area contributed by atoms with E-state index in [1.165, 1.54) is 30.6 Å². The zero-order chi connectivity index (χ0) is 27.2. The minimum absolute atomic E-state index is 0.0246. The average molecular weight is 527 g/mol. The van der Waals surface area contributed by atoms with Crippen LogP contribution in [0, 0.1) is 17.7 Å². The highest BCUT2D eigenvalue weighted by Crippen LogP contribution is 2.28. The van der Waals surface area contributed by atoms with Crippen molar-refractivity contribution >= 4 is 22.8 Å². The maximum Gasteiger partial charge on any atom is 0.246 e. The Morgan fingerprint density at radius 2 is 2.05 bits per heavy atom. The summed E-state index contributed by atoms with van der Waals surface area (Å²) in [5, 5.41) is 5.24. The van der Waals surface area contributed by atoms with Gasteiger partial charge in [-0.05, 0) is 42.5 Å². The Morgan fingerprint density at radius 3 is 2.87 bits per heavy atom. The third-order valence-corrected chi connectivity index (χ3v) is 6.40. The second kappa shape index (κ2) is 11.6. The monoisotopic (exact) mass is 526 g/mol. The lowest BCUT2D eigenvalue weighted by molar-refractivity contribution is -0.127. The molecule has 1 atom stereocenters. The molecule has 3 heterocycles. The highest BCUT2D eigenvalue weighted by atomic mass is 19.1. The Bertz CT molecular complexity index is 1560. The Labute approximate surface area is 225 Å². The Morgan fingerprint density at radius 1 is 1.21 bits per heavy atom. The molecule has 0 saturated carbocycles. The molecule has 9 nitrogen and oxygen atoms in total. The van der Waals surface area contributed by atoms with Gasteiger partial charge in [0.15, 0.2) is 17.2 Å². The number of aromatic nitrogens is 4. The molecule has 2 N–H and O–H groups in total. The lowest BCUT2D eigenvalue weighted by atomic mass is 10.1. The standard InChI is InChI=1S/C29H27FN6O3/c1-2-26(37)35-14-6-10-21(17-35)36-29-27(28(31)32-19-33-29)24(34-36)11-7-15-38-22-12-13-23(30)25(16-22)39-18-20-8-4-3-5-9-20/h2-5,8-9,12-13,16,19,21H,1,6,10,14-15,17-18H2,(H2,31,32,33)/t21-/m1/s1. The van der Waals surface area contributed by atoms with Gasteiger partial charge < -0.3 is 20.1 Å². The van der Waals surface area contributed by atoms with E-state index in [0.29, 0.717) is 35.6 Å². The Hall–Kier alpha value is -4.91. The number of amides is 1. The number of nitrogens with zero attached hydrogens (tertiary/aromatic N) is 5. The number of nitrogen functional groups attached to an aromatic ring is 1. The number of likely N-dealkylation sites (tertiary alicyclic amines) is 1. The topological polar surface area (TPSA) is 108 Å². The average Bonchev–Trinajstić information content (AvgIpc) is 3.35. The van der Waals surface area contributed by atoms with E-state index >= 15 is 0 Å². The fourth-order valence-corrected chi connectivity index (χ4v) is 4.48. The number of carbonyl (C=O) groups is 1. The maximum atomic E-state index is 14.2. The van der Waals surface area contributed by atoms with Gasteiger partial charge in [-0.1, -0.05) is 42.8 Å². The van der Waals surface area contributed by atoms with E-state index in [0.717, 1.165) is 18.4 Å². The molecule has 1 fully saturated rings. The second-order valence-corrected chi connectivity index (χ2v) is 8.99.